The number of rotatable bonds is 4. The van der Waals surface area contributed by atoms with Gasteiger partial charge < -0.3 is 15.1 Å². The lowest BCUT2D eigenvalue weighted by Gasteiger charge is -2.35. The first-order chi connectivity index (χ1) is 15.0. The van der Waals surface area contributed by atoms with Gasteiger partial charge in [0.25, 0.3) is 11.8 Å². The fourth-order valence-corrected chi connectivity index (χ4v) is 3.65. The minimum atomic E-state index is -0.575. The van der Waals surface area contributed by atoms with E-state index in [1.54, 1.807) is 47.4 Å². The van der Waals surface area contributed by atoms with Crippen LogP contribution < -0.4 is 10.2 Å². The number of nitrogens with zero attached hydrogens (tertiary/aromatic N) is 3. The molecule has 1 fully saturated rings. The lowest BCUT2D eigenvalue weighted by molar-refractivity contribution is 0.0746. The number of pyridine rings is 1. The van der Waals surface area contributed by atoms with Crippen LogP contribution in [0.4, 0.5) is 15.9 Å². The zero-order valence-corrected chi connectivity index (χ0v) is 17.3. The van der Waals surface area contributed by atoms with Gasteiger partial charge in [-0.1, -0.05) is 35.9 Å². The van der Waals surface area contributed by atoms with Crippen LogP contribution in [0.2, 0.25) is 5.02 Å². The van der Waals surface area contributed by atoms with E-state index in [0.29, 0.717) is 42.5 Å². The third kappa shape index (κ3) is 4.67. The first kappa shape index (κ1) is 20.8. The second kappa shape index (κ2) is 9.14. The molecule has 3 aromatic rings. The quantitative estimate of drug-likeness (QED) is 0.666. The standard InChI is InChI=1S/C23H20ClFN4O2/c24-19-7-3-1-5-17(19)23(31)29-13-11-28(12-14-29)21-10-9-16(15-26-21)27-22(30)18-6-2-4-8-20(18)25/h1-10,15H,11-14H2,(H,27,30). The number of anilines is 2. The lowest BCUT2D eigenvalue weighted by atomic mass is 10.2. The smallest absolute Gasteiger partial charge is 0.258 e. The van der Waals surface area contributed by atoms with Gasteiger partial charge >= 0.3 is 0 Å². The highest BCUT2D eigenvalue weighted by molar-refractivity contribution is 6.33. The van der Waals surface area contributed by atoms with Gasteiger partial charge in [0.15, 0.2) is 0 Å². The summed E-state index contributed by atoms with van der Waals surface area (Å²) in [4.78, 5) is 33.2. The van der Waals surface area contributed by atoms with Gasteiger partial charge in [0.05, 0.1) is 28.0 Å². The summed E-state index contributed by atoms with van der Waals surface area (Å²) in [6, 6.07) is 16.4. The number of benzene rings is 2. The van der Waals surface area contributed by atoms with E-state index in [2.05, 4.69) is 15.2 Å². The molecule has 0 atom stereocenters. The van der Waals surface area contributed by atoms with Crippen LogP contribution in [0.15, 0.2) is 66.9 Å². The Bertz CT molecular complexity index is 1100. The van der Waals surface area contributed by atoms with Crippen molar-refractivity contribution in [3.63, 3.8) is 0 Å². The largest absolute Gasteiger partial charge is 0.353 e. The SMILES string of the molecule is O=C(Nc1ccc(N2CCN(C(=O)c3ccccc3Cl)CC2)nc1)c1ccccc1F. The highest BCUT2D eigenvalue weighted by Crippen LogP contribution is 2.21. The van der Waals surface area contributed by atoms with E-state index in [-0.39, 0.29) is 11.5 Å². The number of piperazine rings is 1. The van der Waals surface area contributed by atoms with Crippen molar-refractivity contribution in [1.29, 1.82) is 0 Å². The Kier molecular flexibility index (Phi) is 6.13. The predicted molar refractivity (Wildman–Crippen MR) is 118 cm³/mol. The number of halogens is 2. The predicted octanol–water partition coefficient (Wildman–Crippen LogP) is 4.09. The van der Waals surface area contributed by atoms with Crippen molar-refractivity contribution in [3.8, 4) is 0 Å². The molecule has 8 heteroatoms. The van der Waals surface area contributed by atoms with Crippen molar-refractivity contribution in [2.75, 3.05) is 36.4 Å². The van der Waals surface area contributed by atoms with Gasteiger partial charge in [0.2, 0.25) is 0 Å². The second-order valence-electron chi connectivity index (χ2n) is 7.10. The zero-order chi connectivity index (χ0) is 21.8. The van der Waals surface area contributed by atoms with E-state index in [0.717, 1.165) is 5.82 Å². The Morgan fingerprint density at radius 2 is 1.58 bits per heavy atom. The Morgan fingerprint density at radius 1 is 0.903 bits per heavy atom. The summed E-state index contributed by atoms with van der Waals surface area (Å²) in [5, 5.41) is 3.10. The number of hydrogen-bond acceptors (Lipinski definition) is 4. The van der Waals surface area contributed by atoms with Gasteiger partial charge in [-0.15, -0.1) is 0 Å². The number of nitrogens with one attached hydrogen (secondary N) is 1. The third-order valence-electron chi connectivity index (χ3n) is 5.12. The molecule has 0 spiro atoms. The number of carbonyl (C=O) groups is 2. The molecule has 6 nitrogen and oxygen atoms in total. The van der Waals surface area contributed by atoms with Gasteiger partial charge in [-0.2, -0.15) is 0 Å². The Labute approximate surface area is 184 Å². The molecule has 1 aromatic heterocycles. The van der Waals surface area contributed by atoms with Crippen molar-refractivity contribution in [3.05, 3.63) is 88.8 Å². The molecule has 0 unspecified atom stereocenters. The van der Waals surface area contributed by atoms with E-state index in [1.165, 1.54) is 24.4 Å². The molecule has 2 heterocycles. The number of carbonyl (C=O) groups excluding carboxylic acids is 2. The molecule has 4 rings (SSSR count). The summed E-state index contributed by atoms with van der Waals surface area (Å²) >= 11 is 6.14. The van der Waals surface area contributed by atoms with Gasteiger partial charge in [0.1, 0.15) is 11.6 Å². The van der Waals surface area contributed by atoms with E-state index in [1.807, 2.05) is 0 Å². The van der Waals surface area contributed by atoms with Crippen LogP contribution in [-0.4, -0.2) is 47.9 Å². The molecule has 158 valence electrons. The maximum atomic E-state index is 13.8. The van der Waals surface area contributed by atoms with Crippen LogP contribution in [-0.2, 0) is 0 Å². The molecular weight excluding hydrogens is 419 g/mol. The molecule has 2 aromatic carbocycles. The maximum Gasteiger partial charge on any atom is 0.258 e. The highest BCUT2D eigenvalue weighted by atomic mass is 35.5. The Morgan fingerprint density at radius 3 is 2.23 bits per heavy atom. The summed E-state index contributed by atoms with van der Waals surface area (Å²) in [5.74, 6) is -0.439. The van der Waals surface area contributed by atoms with Crippen LogP contribution >= 0.6 is 11.6 Å². The van der Waals surface area contributed by atoms with Gasteiger partial charge in [-0.25, -0.2) is 9.37 Å². The molecule has 0 bridgehead atoms. The summed E-state index contributed by atoms with van der Waals surface area (Å²) in [7, 11) is 0. The monoisotopic (exact) mass is 438 g/mol. The molecule has 0 aliphatic carbocycles. The number of aromatic nitrogens is 1. The summed E-state index contributed by atoms with van der Waals surface area (Å²) < 4.78 is 13.8. The van der Waals surface area contributed by atoms with Crippen LogP contribution in [0, 0.1) is 5.82 Å². The molecule has 1 aliphatic heterocycles. The maximum absolute atomic E-state index is 13.8. The molecule has 2 amide bonds. The molecular formula is C23H20ClFN4O2. The topological polar surface area (TPSA) is 65.5 Å². The van der Waals surface area contributed by atoms with Gasteiger partial charge in [0, 0.05) is 26.2 Å². The van der Waals surface area contributed by atoms with Gasteiger partial charge in [-0.3, -0.25) is 9.59 Å². The average molecular weight is 439 g/mol. The summed E-state index contributed by atoms with van der Waals surface area (Å²) in [6.45, 7) is 2.36. The van der Waals surface area contributed by atoms with Crippen molar-refractivity contribution in [1.82, 2.24) is 9.88 Å². The normalized spacial score (nSPS) is 13.7. The molecule has 1 N–H and O–H groups in total. The lowest BCUT2D eigenvalue weighted by Crippen LogP contribution is -2.49. The fraction of sp³-hybridized carbons (Fsp3) is 0.174. The Hall–Kier alpha value is -3.45. The van der Waals surface area contributed by atoms with E-state index in [4.69, 9.17) is 11.6 Å². The minimum Gasteiger partial charge on any atom is -0.353 e. The van der Waals surface area contributed by atoms with Crippen molar-refractivity contribution >= 4 is 34.9 Å². The second-order valence-corrected chi connectivity index (χ2v) is 7.51. The molecule has 0 radical (unpaired) electrons. The Balaban J connectivity index is 1.35. The van der Waals surface area contributed by atoms with E-state index in [9.17, 15) is 14.0 Å². The zero-order valence-electron chi connectivity index (χ0n) is 16.6. The van der Waals surface area contributed by atoms with E-state index >= 15 is 0 Å². The van der Waals surface area contributed by atoms with Crippen LogP contribution in [0.5, 0.6) is 0 Å². The van der Waals surface area contributed by atoms with Gasteiger partial charge in [-0.05, 0) is 36.4 Å². The molecule has 1 saturated heterocycles. The fourth-order valence-electron chi connectivity index (χ4n) is 3.43. The van der Waals surface area contributed by atoms with Crippen LogP contribution in [0.1, 0.15) is 20.7 Å². The first-order valence-corrected chi connectivity index (χ1v) is 10.2. The summed E-state index contributed by atoms with van der Waals surface area (Å²) in [6.07, 6.45) is 1.54. The van der Waals surface area contributed by atoms with Crippen LogP contribution in [0.3, 0.4) is 0 Å². The molecule has 1 aliphatic rings. The highest BCUT2D eigenvalue weighted by Gasteiger charge is 2.24. The molecule has 31 heavy (non-hydrogen) atoms. The van der Waals surface area contributed by atoms with Crippen molar-refractivity contribution in [2.24, 2.45) is 0 Å². The first-order valence-electron chi connectivity index (χ1n) is 9.83. The van der Waals surface area contributed by atoms with E-state index < -0.39 is 11.7 Å². The number of hydrogen-bond donors (Lipinski definition) is 1. The van der Waals surface area contributed by atoms with Crippen LogP contribution in [0.25, 0.3) is 0 Å². The average Bonchev–Trinajstić information content (AvgIpc) is 2.80. The summed E-state index contributed by atoms with van der Waals surface area (Å²) in [5.41, 5.74) is 0.959. The number of amides is 2. The van der Waals surface area contributed by atoms with Crippen molar-refractivity contribution in [2.45, 2.75) is 0 Å². The third-order valence-corrected chi connectivity index (χ3v) is 5.45. The van der Waals surface area contributed by atoms with Crippen molar-refractivity contribution < 1.29 is 14.0 Å². The minimum absolute atomic E-state index is 0.0223. The molecule has 0 saturated carbocycles.